The van der Waals surface area contributed by atoms with Gasteiger partial charge in [0, 0.05) is 18.1 Å². The van der Waals surface area contributed by atoms with Crippen LogP contribution in [0.3, 0.4) is 0 Å². The van der Waals surface area contributed by atoms with Crippen molar-refractivity contribution < 1.29 is 9.53 Å². The molecule has 1 aliphatic heterocycles. The van der Waals surface area contributed by atoms with Gasteiger partial charge in [-0.25, -0.2) is 9.78 Å². The van der Waals surface area contributed by atoms with E-state index >= 15 is 0 Å². The molecule has 1 aromatic heterocycles. The second-order valence-electron chi connectivity index (χ2n) is 4.66. The molecule has 1 N–H and O–H groups in total. The van der Waals surface area contributed by atoms with Gasteiger partial charge in [0.1, 0.15) is 6.07 Å². The number of esters is 1. The van der Waals surface area contributed by atoms with Crippen molar-refractivity contribution in [2.45, 2.75) is 26.3 Å². The second-order valence-corrected chi connectivity index (χ2v) is 5.52. The molecule has 0 saturated carbocycles. The quantitative estimate of drug-likeness (QED) is 0.493. The van der Waals surface area contributed by atoms with Gasteiger partial charge in [-0.2, -0.15) is 5.26 Å². The van der Waals surface area contributed by atoms with Crippen molar-refractivity contribution in [1.82, 2.24) is 9.88 Å². The number of hydrogen-bond donors (Lipinski definition) is 1. The largest absolute Gasteiger partial charge is 0.462 e. The fraction of sp³-hybridized carbons (Fsp3) is 0.500. The van der Waals surface area contributed by atoms with Gasteiger partial charge in [0.2, 0.25) is 0 Å². The van der Waals surface area contributed by atoms with E-state index in [1.165, 1.54) is 30.4 Å². The third-order valence-corrected chi connectivity index (χ3v) is 3.91. The molecule has 1 saturated heterocycles. The van der Waals surface area contributed by atoms with Crippen LogP contribution in [-0.2, 0) is 16.1 Å². The fourth-order valence-corrected chi connectivity index (χ4v) is 2.77. The highest BCUT2D eigenvalue weighted by Crippen LogP contribution is 2.19. The first-order valence-corrected chi connectivity index (χ1v) is 7.81. The summed E-state index contributed by atoms with van der Waals surface area (Å²) in [5, 5.41) is 14.5. The number of likely N-dealkylation sites (tertiary alicyclic amines) is 1. The number of nitrogens with zero attached hydrogens (tertiary/aromatic N) is 3. The van der Waals surface area contributed by atoms with Crippen LogP contribution in [0.5, 0.6) is 0 Å². The number of aromatic nitrogens is 1. The summed E-state index contributed by atoms with van der Waals surface area (Å²) >= 11 is 1.46. The highest BCUT2D eigenvalue weighted by molar-refractivity contribution is 7.13. The van der Waals surface area contributed by atoms with Crippen LogP contribution in [0.15, 0.2) is 17.2 Å². The van der Waals surface area contributed by atoms with Gasteiger partial charge in [0.25, 0.3) is 0 Å². The van der Waals surface area contributed by atoms with Crippen LogP contribution in [0.2, 0.25) is 0 Å². The summed E-state index contributed by atoms with van der Waals surface area (Å²) in [6.45, 7) is 5.05. The topological polar surface area (TPSA) is 78.2 Å². The van der Waals surface area contributed by atoms with Gasteiger partial charge < -0.3 is 10.1 Å². The lowest BCUT2D eigenvalue weighted by molar-refractivity contribution is -0.138. The molecule has 0 spiro atoms. The van der Waals surface area contributed by atoms with Crippen molar-refractivity contribution in [3.05, 3.63) is 22.8 Å². The number of rotatable bonds is 6. The van der Waals surface area contributed by atoms with Crippen molar-refractivity contribution in [3.8, 4) is 6.07 Å². The standard InChI is InChI=1S/C14H18N4O2S/c1-2-20-13(19)11(7-15)8-16-14-17-12(10-21-14)9-18-5-3-4-6-18/h8,10H,2-6,9H2,1H3,(H,16,17)/b11-8+. The van der Waals surface area contributed by atoms with Crippen LogP contribution in [-0.4, -0.2) is 35.5 Å². The number of thiazole rings is 1. The van der Waals surface area contributed by atoms with Crippen LogP contribution in [0.1, 0.15) is 25.5 Å². The summed E-state index contributed by atoms with van der Waals surface area (Å²) in [4.78, 5) is 18.3. The summed E-state index contributed by atoms with van der Waals surface area (Å²) in [7, 11) is 0. The zero-order chi connectivity index (χ0) is 15.1. The molecule has 6 nitrogen and oxygen atoms in total. The lowest BCUT2D eigenvalue weighted by Gasteiger charge is -2.11. The Morgan fingerprint density at radius 1 is 1.62 bits per heavy atom. The molecule has 1 aliphatic rings. The van der Waals surface area contributed by atoms with Crippen LogP contribution < -0.4 is 5.32 Å². The zero-order valence-corrected chi connectivity index (χ0v) is 12.8. The molecule has 1 fully saturated rings. The highest BCUT2D eigenvalue weighted by Gasteiger charge is 2.14. The minimum Gasteiger partial charge on any atom is -0.462 e. The van der Waals surface area contributed by atoms with Gasteiger partial charge in [-0.15, -0.1) is 11.3 Å². The van der Waals surface area contributed by atoms with E-state index in [0.717, 1.165) is 25.3 Å². The van der Waals surface area contributed by atoms with E-state index in [9.17, 15) is 4.79 Å². The molecule has 112 valence electrons. The fourth-order valence-electron chi connectivity index (χ4n) is 2.10. The maximum absolute atomic E-state index is 11.5. The number of anilines is 1. The Kier molecular flexibility index (Phi) is 5.72. The Morgan fingerprint density at radius 2 is 2.38 bits per heavy atom. The molecule has 0 aromatic carbocycles. The highest BCUT2D eigenvalue weighted by atomic mass is 32.1. The first-order chi connectivity index (χ1) is 10.2. The number of carbonyl (C=O) groups excluding carboxylic acids is 1. The number of hydrogen-bond acceptors (Lipinski definition) is 7. The first-order valence-electron chi connectivity index (χ1n) is 6.93. The van der Waals surface area contributed by atoms with Gasteiger partial charge in [0.05, 0.1) is 12.3 Å². The van der Waals surface area contributed by atoms with Gasteiger partial charge >= 0.3 is 5.97 Å². The predicted molar refractivity (Wildman–Crippen MR) is 80.6 cm³/mol. The van der Waals surface area contributed by atoms with Gasteiger partial charge in [-0.1, -0.05) is 0 Å². The van der Waals surface area contributed by atoms with E-state index in [2.05, 4.69) is 15.2 Å². The van der Waals surface area contributed by atoms with E-state index in [-0.39, 0.29) is 12.2 Å². The molecule has 0 atom stereocenters. The monoisotopic (exact) mass is 306 g/mol. The second kappa shape index (κ2) is 7.76. The van der Waals surface area contributed by atoms with Gasteiger partial charge in [0.15, 0.2) is 10.7 Å². The molecule has 21 heavy (non-hydrogen) atoms. The Labute approximate surface area is 128 Å². The molecule has 1 aromatic rings. The van der Waals surface area contributed by atoms with Crippen LogP contribution >= 0.6 is 11.3 Å². The third kappa shape index (κ3) is 4.55. The third-order valence-electron chi connectivity index (χ3n) is 3.09. The molecule has 2 rings (SSSR count). The molecule has 7 heteroatoms. The number of nitrogens with one attached hydrogen (secondary N) is 1. The van der Waals surface area contributed by atoms with E-state index in [1.54, 1.807) is 6.92 Å². The zero-order valence-electron chi connectivity index (χ0n) is 12.0. The van der Waals surface area contributed by atoms with Crippen molar-refractivity contribution in [2.24, 2.45) is 0 Å². The summed E-state index contributed by atoms with van der Waals surface area (Å²) in [5.41, 5.74) is 0.945. The minimum absolute atomic E-state index is 0.0619. The first kappa shape index (κ1) is 15.5. The Morgan fingerprint density at radius 3 is 3.05 bits per heavy atom. The molecule has 0 unspecified atom stereocenters. The molecule has 0 bridgehead atoms. The Balaban J connectivity index is 1.92. The number of carbonyl (C=O) groups is 1. The van der Waals surface area contributed by atoms with E-state index < -0.39 is 5.97 Å². The smallest absolute Gasteiger partial charge is 0.350 e. The SMILES string of the molecule is CCOC(=O)/C(C#N)=C/Nc1nc(CN2CCCC2)cs1. The normalized spacial score (nSPS) is 15.7. The van der Waals surface area contributed by atoms with Gasteiger partial charge in [-0.05, 0) is 32.9 Å². The molecule has 2 heterocycles. The van der Waals surface area contributed by atoms with Crippen molar-refractivity contribution in [3.63, 3.8) is 0 Å². The summed E-state index contributed by atoms with van der Waals surface area (Å²) < 4.78 is 4.78. The maximum atomic E-state index is 11.5. The molecule has 0 amide bonds. The predicted octanol–water partition coefficient (Wildman–Crippen LogP) is 2.12. The molecule has 0 aliphatic carbocycles. The van der Waals surface area contributed by atoms with E-state index in [4.69, 9.17) is 10.00 Å². The summed E-state index contributed by atoms with van der Waals surface area (Å²) in [6.07, 6.45) is 3.85. The van der Waals surface area contributed by atoms with Crippen molar-refractivity contribution >= 4 is 22.4 Å². The molecular weight excluding hydrogens is 288 g/mol. The van der Waals surface area contributed by atoms with Gasteiger partial charge in [-0.3, -0.25) is 4.90 Å². The number of ether oxygens (including phenoxy) is 1. The molecule has 0 radical (unpaired) electrons. The lowest BCUT2D eigenvalue weighted by atomic mass is 10.3. The molecular formula is C14H18N4O2S. The Bertz CT molecular complexity index is 556. The van der Waals surface area contributed by atoms with E-state index in [1.807, 2.05) is 11.4 Å². The lowest BCUT2D eigenvalue weighted by Crippen LogP contribution is -2.18. The minimum atomic E-state index is -0.624. The number of nitriles is 1. The van der Waals surface area contributed by atoms with E-state index in [0.29, 0.717) is 5.13 Å². The summed E-state index contributed by atoms with van der Waals surface area (Å²) in [5.74, 6) is -0.624. The van der Waals surface area contributed by atoms with Crippen LogP contribution in [0.25, 0.3) is 0 Å². The summed E-state index contributed by atoms with van der Waals surface area (Å²) in [6, 6.07) is 1.82. The van der Waals surface area contributed by atoms with Crippen LogP contribution in [0.4, 0.5) is 5.13 Å². The van der Waals surface area contributed by atoms with Crippen molar-refractivity contribution in [1.29, 1.82) is 5.26 Å². The van der Waals surface area contributed by atoms with Crippen LogP contribution in [0, 0.1) is 11.3 Å². The maximum Gasteiger partial charge on any atom is 0.350 e. The van der Waals surface area contributed by atoms with Crippen molar-refractivity contribution in [2.75, 3.05) is 25.0 Å². The average Bonchev–Trinajstić information content (AvgIpc) is 3.12. The Hall–Kier alpha value is -1.91. The average molecular weight is 306 g/mol.